The van der Waals surface area contributed by atoms with E-state index >= 15 is 0 Å². The summed E-state index contributed by atoms with van der Waals surface area (Å²) >= 11 is 0. The molecule has 3 unspecified atom stereocenters. The van der Waals surface area contributed by atoms with Crippen molar-refractivity contribution < 1.29 is 19.7 Å². The Labute approximate surface area is 85.1 Å². The Balaban J connectivity index is 2.64. The van der Waals surface area contributed by atoms with Gasteiger partial charge in [-0.15, -0.1) is 0 Å². The standard InChI is InChI=1S/C7H12N2O6/c10-4-15-7-3-5(8(11)12)1-2-6(7)9(13)14/h5-7,10H,1-4H2. The quantitative estimate of drug-likeness (QED) is 0.398. The van der Waals surface area contributed by atoms with Crippen LogP contribution >= 0.6 is 0 Å². The predicted octanol–water partition coefficient (Wildman–Crippen LogP) is -0.204. The fraction of sp³-hybridized carbons (Fsp3) is 1.00. The summed E-state index contributed by atoms with van der Waals surface area (Å²) in [6.45, 7) is -0.653. The topological polar surface area (TPSA) is 116 Å². The number of nitro groups is 2. The normalized spacial score (nSPS) is 31.1. The predicted molar refractivity (Wildman–Crippen MR) is 47.4 cm³/mol. The van der Waals surface area contributed by atoms with E-state index in [0.29, 0.717) is 0 Å². The molecule has 0 heterocycles. The van der Waals surface area contributed by atoms with Crippen molar-refractivity contribution in [2.75, 3.05) is 6.79 Å². The summed E-state index contributed by atoms with van der Waals surface area (Å²) in [5.41, 5.74) is 0. The highest BCUT2D eigenvalue weighted by molar-refractivity contribution is 4.80. The molecule has 0 amide bonds. The average molecular weight is 220 g/mol. The van der Waals surface area contributed by atoms with Crippen LogP contribution in [0.5, 0.6) is 0 Å². The zero-order valence-electron chi connectivity index (χ0n) is 7.94. The highest BCUT2D eigenvalue weighted by Crippen LogP contribution is 2.25. The van der Waals surface area contributed by atoms with Gasteiger partial charge in [0.05, 0.1) is 0 Å². The molecule has 0 aliphatic heterocycles. The van der Waals surface area contributed by atoms with Crippen LogP contribution in [0.4, 0.5) is 0 Å². The van der Waals surface area contributed by atoms with Crippen LogP contribution in [0.1, 0.15) is 19.3 Å². The lowest BCUT2D eigenvalue weighted by molar-refractivity contribution is -0.566. The third-order valence-corrected chi connectivity index (χ3v) is 2.59. The Kier molecular flexibility index (Phi) is 3.92. The maximum Gasteiger partial charge on any atom is 0.239 e. The highest BCUT2D eigenvalue weighted by Gasteiger charge is 2.43. The summed E-state index contributed by atoms with van der Waals surface area (Å²) < 4.78 is 4.75. The highest BCUT2D eigenvalue weighted by atomic mass is 16.6. The molecule has 1 saturated carbocycles. The Morgan fingerprint density at radius 1 is 1.27 bits per heavy atom. The second-order valence-electron chi connectivity index (χ2n) is 3.44. The zero-order valence-corrected chi connectivity index (χ0v) is 7.94. The van der Waals surface area contributed by atoms with E-state index in [1.165, 1.54) is 0 Å². The van der Waals surface area contributed by atoms with Gasteiger partial charge >= 0.3 is 0 Å². The van der Waals surface area contributed by atoms with Crippen molar-refractivity contribution in [2.24, 2.45) is 0 Å². The number of nitrogens with zero attached hydrogens (tertiary/aromatic N) is 2. The van der Waals surface area contributed by atoms with Crippen LogP contribution in [0, 0.1) is 20.2 Å². The SMILES string of the molecule is O=[N+]([O-])C1CCC([N+](=O)[O-])C(OCO)C1. The first-order valence-electron chi connectivity index (χ1n) is 4.55. The molecule has 8 nitrogen and oxygen atoms in total. The van der Waals surface area contributed by atoms with Crippen molar-refractivity contribution in [2.45, 2.75) is 37.5 Å². The summed E-state index contributed by atoms with van der Waals surface area (Å²) in [6, 6.07) is -1.76. The van der Waals surface area contributed by atoms with Gasteiger partial charge < -0.3 is 9.84 Å². The van der Waals surface area contributed by atoms with Gasteiger partial charge in [-0.05, 0) is 0 Å². The molecule has 0 aromatic rings. The van der Waals surface area contributed by atoms with E-state index in [0.717, 1.165) is 0 Å². The molecule has 8 heteroatoms. The first-order chi connectivity index (χ1) is 7.06. The molecule has 1 aliphatic carbocycles. The van der Waals surface area contributed by atoms with Gasteiger partial charge in [0.15, 0.2) is 0 Å². The van der Waals surface area contributed by atoms with Crippen molar-refractivity contribution in [3.8, 4) is 0 Å². The van der Waals surface area contributed by atoms with E-state index in [9.17, 15) is 20.2 Å². The molecule has 0 aromatic carbocycles. The third kappa shape index (κ3) is 2.83. The van der Waals surface area contributed by atoms with E-state index in [2.05, 4.69) is 0 Å². The van der Waals surface area contributed by atoms with E-state index in [4.69, 9.17) is 9.84 Å². The average Bonchev–Trinajstić information content (AvgIpc) is 2.17. The van der Waals surface area contributed by atoms with Gasteiger partial charge in [0.1, 0.15) is 12.9 Å². The molecule has 1 rings (SSSR count). The van der Waals surface area contributed by atoms with Crippen molar-refractivity contribution in [1.29, 1.82) is 0 Å². The molecular formula is C7H12N2O6. The second-order valence-corrected chi connectivity index (χ2v) is 3.44. The molecule has 1 aliphatic rings. The molecule has 0 aromatic heterocycles. The van der Waals surface area contributed by atoms with E-state index in [1.807, 2.05) is 0 Å². The summed E-state index contributed by atoms with van der Waals surface area (Å²) in [5.74, 6) is 0. The van der Waals surface area contributed by atoms with E-state index in [1.54, 1.807) is 0 Å². The molecule has 1 N–H and O–H groups in total. The van der Waals surface area contributed by atoms with Crippen LogP contribution in [-0.4, -0.2) is 39.9 Å². The van der Waals surface area contributed by atoms with Crippen molar-refractivity contribution >= 4 is 0 Å². The van der Waals surface area contributed by atoms with E-state index in [-0.39, 0.29) is 19.3 Å². The van der Waals surface area contributed by atoms with Gasteiger partial charge in [-0.2, -0.15) is 0 Å². The van der Waals surface area contributed by atoms with Crippen LogP contribution in [0.15, 0.2) is 0 Å². The van der Waals surface area contributed by atoms with Gasteiger partial charge in [-0.25, -0.2) is 0 Å². The first kappa shape index (κ1) is 11.8. The maximum absolute atomic E-state index is 10.6. The Morgan fingerprint density at radius 2 is 1.93 bits per heavy atom. The van der Waals surface area contributed by atoms with Gasteiger partial charge in [0.2, 0.25) is 12.1 Å². The van der Waals surface area contributed by atoms with Gasteiger partial charge in [0.25, 0.3) is 0 Å². The smallest absolute Gasteiger partial charge is 0.239 e. The lowest BCUT2D eigenvalue weighted by Gasteiger charge is -2.26. The number of rotatable bonds is 4. The fourth-order valence-corrected chi connectivity index (χ4v) is 1.80. The molecule has 3 atom stereocenters. The van der Waals surface area contributed by atoms with Gasteiger partial charge in [0, 0.05) is 29.1 Å². The molecule has 15 heavy (non-hydrogen) atoms. The molecule has 0 spiro atoms. The monoisotopic (exact) mass is 220 g/mol. The first-order valence-corrected chi connectivity index (χ1v) is 4.55. The number of hydrogen-bond donors (Lipinski definition) is 1. The van der Waals surface area contributed by atoms with Crippen LogP contribution in [0.3, 0.4) is 0 Å². The molecule has 1 fully saturated rings. The molecule has 0 radical (unpaired) electrons. The minimum absolute atomic E-state index is 0.0147. The third-order valence-electron chi connectivity index (χ3n) is 2.59. The molecular weight excluding hydrogens is 208 g/mol. The van der Waals surface area contributed by atoms with Crippen molar-refractivity contribution in [3.63, 3.8) is 0 Å². The fourth-order valence-electron chi connectivity index (χ4n) is 1.80. The largest absolute Gasteiger partial charge is 0.371 e. The number of ether oxygens (including phenoxy) is 1. The Hall–Kier alpha value is -1.28. The van der Waals surface area contributed by atoms with Crippen LogP contribution in [-0.2, 0) is 4.74 Å². The number of aliphatic hydroxyl groups is 1. The second kappa shape index (κ2) is 4.99. The molecule has 86 valence electrons. The lowest BCUT2D eigenvalue weighted by Crippen LogP contribution is -2.45. The van der Waals surface area contributed by atoms with Gasteiger partial charge in [-0.3, -0.25) is 20.2 Å². The van der Waals surface area contributed by atoms with Crippen LogP contribution in [0.2, 0.25) is 0 Å². The van der Waals surface area contributed by atoms with Crippen LogP contribution in [0.25, 0.3) is 0 Å². The molecule has 0 bridgehead atoms. The Morgan fingerprint density at radius 3 is 2.40 bits per heavy atom. The zero-order chi connectivity index (χ0) is 11.4. The maximum atomic E-state index is 10.6. The van der Waals surface area contributed by atoms with Crippen molar-refractivity contribution in [3.05, 3.63) is 20.2 Å². The van der Waals surface area contributed by atoms with Crippen LogP contribution < -0.4 is 0 Å². The Bertz CT molecular complexity index is 258. The summed E-state index contributed by atoms with van der Waals surface area (Å²) in [5, 5.41) is 29.6. The summed E-state index contributed by atoms with van der Waals surface area (Å²) in [4.78, 5) is 20.1. The lowest BCUT2D eigenvalue weighted by atomic mass is 9.89. The van der Waals surface area contributed by atoms with Gasteiger partial charge in [-0.1, -0.05) is 0 Å². The number of aliphatic hydroxyl groups excluding tert-OH is 1. The van der Waals surface area contributed by atoms with Crippen molar-refractivity contribution in [1.82, 2.24) is 0 Å². The molecule has 0 saturated heterocycles. The number of hydrogen-bond acceptors (Lipinski definition) is 6. The summed E-state index contributed by atoms with van der Waals surface area (Å²) in [6.07, 6.45) is -0.582. The summed E-state index contributed by atoms with van der Waals surface area (Å²) in [7, 11) is 0. The minimum atomic E-state index is -0.951. The van der Waals surface area contributed by atoms with E-state index < -0.39 is 34.8 Å². The minimum Gasteiger partial charge on any atom is -0.371 e.